The molecule has 1 aliphatic rings. The number of hydrogen-bond acceptors (Lipinski definition) is 5. The highest BCUT2D eigenvalue weighted by atomic mass is 32.2. The van der Waals surface area contributed by atoms with Crippen molar-refractivity contribution in [3.05, 3.63) is 0 Å². The largest absolute Gasteiger partial charge is 0.376 e. The van der Waals surface area contributed by atoms with Gasteiger partial charge in [-0.3, -0.25) is 9.45 Å². The molecule has 7 heteroatoms. The molecule has 0 aromatic carbocycles. The van der Waals surface area contributed by atoms with Crippen LogP contribution >= 0.6 is 0 Å². The van der Waals surface area contributed by atoms with Crippen LogP contribution in [0.3, 0.4) is 0 Å². The van der Waals surface area contributed by atoms with Crippen LogP contribution in [0.25, 0.3) is 0 Å². The van der Waals surface area contributed by atoms with Crippen LogP contribution in [0.1, 0.15) is 20.3 Å². The summed E-state index contributed by atoms with van der Waals surface area (Å²) in [6.07, 6.45) is 0.447. The normalized spacial score (nSPS) is 26.1. The van der Waals surface area contributed by atoms with Gasteiger partial charge in [-0.1, -0.05) is 0 Å². The van der Waals surface area contributed by atoms with Crippen molar-refractivity contribution >= 4 is 10.1 Å². The summed E-state index contributed by atoms with van der Waals surface area (Å²) in [4.78, 5) is 1.72. The molecule has 0 amide bonds. The topological polar surface area (TPSA) is 92.9 Å². The molecule has 16 heavy (non-hydrogen) atoms. The third kappa shape index (κ3) is 3.39. The Kier molecular flexibility index (Phi) is 4.69. The van der Waals surface area contributed by atoms with Crippen LogP contribution in [0, 0.1) is 0 Å². The molecule has 3 N–H and O–H groups in total. The first-order valence-corrected chi connectivity index (χ1v) is 6.90. The Morgan fingerprint density at radius 1 is 1.56 bits per heavy atom. The smallest absolute Gasteiger partial charge is 0.281 e. The highest BCUT2D eigenvalue weighted by molar-refractivity contribution is 7.86. The maximum atomic E-state index is 11.0. The van der Waals surface area contributed by atoms with Gasteiger partial charge in [0.2, 0.25) is 0 Å². The number of nitrogens with two attached hydrogens (primary N) is 1. The minimum atomic E-state index is -3.96. The molecule has 0 saturated carbocycles. The molecule has 0 radical (unpaired) electrons. The summed E-state index contributed by atoms with van der Waals surface area (Å²) < 4.78 is 36.3. The summed E-state index contributed by atoms with van der Waals surface area (Å²) in [5, 5.41) is -0.765. The first kappa shape index (κ1) is 13.9. The first-order valence-electron chi connectivity index (χ1n) is 5.40. The van der Waals surface area contributed by atoms with Gasteiger partial charge >= 0.3 is 0 Å². The van der Waals surface area contributed by atoms with Gasteiger partial charge in [-0.2, -0.15) is 8.42 Å². The van der Waals surface area contributed by atoms with E-state index >= 15 is 0 Å². The van der Waals surface area contributed by atoms with Gasteiger partial charge in [0.1, 0.15) is 5.37 Å². The molecule has 6 nitrogen and oxygen atoms in total. The van der Waals surface area contributed by atoms with Crippen molar-refractivity contribution in [3.8, 4) is 0 Å². The van der Waals surface area contributed by atoms with Crippen LogP contribution < -0.4 is 5.73 Å². The van der Waals surface area contributed by atoms with Gasteiger partial charge < -0.3 is 10.5 Å². The summed E-state index contributed by atoms with van der Waals surface area (Å²) in [7, 11) is -3.96. The van der Waals surface area contributed by atoms with Crippen LogP contribution in [0.2, 0.25) is 0 Å². The standard InChI is InChI=1S/C9H20N2O4S/c1-7(6-15-8(2)5-10)11-4-3-9(11)16(12,13)14/h7-9H,3-6,10H2,1-2H3,(H,12,13,14). The van der Waals surface area contributed by atoms with Crippen LogP contribution in [0.4, 0.5) is 0 Å². The lowest BCUT2D eigenvalue weighted by Crippen LogP contribution is -2.57. The molecule has 3 unspecified atom stereocenters. The molecule has 0 bridgehead atoms. The fourth-order valence-electron chi connectivity index (χ4n) is 1.68. The van der Waals surface area contributed by atoms with E-state index in [2.05, 4.69) is 0 Å². The number of rotatable bonds is 6. The third-order valence-electron chi connectivity index (χ3n) is 2.87. The van der Waals surface area contributed by atoms with Gasteiger partial charge in [-0.25, -0.2) is 0 Å². The van der Waals surface area contributed by atoms with E-state index in [1.807, 2.05) is 13.8 Å². The monoisotopic (exact) mass is 252 g/mol. The van der Waals surface area contributed by atoms with Crippen LogP contribution in [-0.4, -0.2) is 55.1 Å². The van der Waals surface area contributed by atoms with E-state index in [0.29, 0.717) is 26.1 Å². The summed E-state index contributed by atoms with van der Waals surface area (Å²) in [6.45, 7) is 5.27. The highest BCUT2D eigenvalue weighted by Crippen LogP contribution is 2.24. The van der Waals surface area contributed by atoms with Crippen LogP contribution in [0.15, 0.2) is 0 Å². The zero-order valence-electron chi connectivity index (χ0n) is 9.67. The van der Waals surface area contributed by atoms with E-state index in [0.717, 1.165) is 0 Å². The molecule has 1 saturated heterocycles. The van der Waals surface area contributed by atoms with Crippen molar-refractivity contribution in [3.63, 3.8) is 0 Å². The van der Waals surface area contributed by atoms with Crippen molar-refractivity contribution in [1.29, 1.82) is 0 Å². The Labute approximate surface area is 96.5 Å². The molecule has 96 valence electrons. The number of hydrogen-bond donors (Lipinski definition) is 2. The van der Waals surface area contributed by atoms with Crippen molar-refractivity contribution in [2.45, 2.75) is 37.8 Å². The van der Waals surface area contributed by atoms with E-state index in [9.17, 15) is 8.42 Å². The number of ether oxygens (including phenoxy) is 1. The molecule has 1 aliphatic heterocycles. The molecule has 1 heterocycles. The summed E-state index contributed by atoms with van der Waals surface area (Å²) in [5.74, 6) is 0. The average Bonchev–Trinajstić information content (AvgIpc) is 2.09. The van der Waals surface area contributed by atoms with Gasteiger partial charge in [0.05, 0.1) is 12.7 Å². The maximum Gasteiger partial charge on any atom is 0.281 e. The maximum absolute atomic E-state index is 11.0. The van der Waals surface area contributed by atoms with Gasteiger partial charge in [0.25, 0.3) is 10.1 Å². The predicted molar refractivity (Wildman–Crippen MR) is 60.6 cm³/mol. The third-order valence-corrected chi connectivity index (χ3v) is 4.06. The van der Waals surface area contributed by atoms with Crippen molar-refractivity contribution in [2.24, 2.45) is 5.73 Å². The Balaban J connectivity index is 2.41. The summed E-state index contributed by atoms with van der Waals surface area (Å²) in [5.41, 5.74) is 5.40. The summed E-state index contributed by atoms with van der Waals surface area (Å²) in [6, 6.07) is -0.0327. The van der Waals surface area contributed by atoms with E-state index in [-0.39, 0.29) is 12.1 Å². The molecule has 1 rings (SSSR count). The zero-order chi connectivity index (χ0) is 12.3. The van der Waals surface area contributed by atoms with Gasteiger partial charge in [-0.15, -0.1) is 0 Å². The minimum Gasteiger partial charge on any atom is -0.376 e. The Bertz CT molecular complexity index is 319. The van der Waals surface area contributed by atoms with E-state index < -0.39 is 15.5 Å². The van der Waals surface area contributed by atoms with Gasteiger partial charge in [0.15, 0.2) is 0 Å². The molecule has 0 aromatic heterocycles. The quantitative estimate of drug-likeness (QED) is 0.628. The zero-order valence-corrected chi connectivity index (χ0v) is 10.5. The Morgan fingerprint density at radius 3 is 2.56 bits per heavy atom. The van der Waals surface area contributed by atoms with E-state index in [1.165, 1.54) is 0 Å². The molecule has 0 aromatic rings. The Hall–Kier alpha value is -0.210. The van der Waals surface area contributed by atoms with Gasteiger partial charge in [-0.05, 0) is 20.3 Å². The lowest BCUT2D eigenvalue weighted by molar-refractivity contribution is -0.00313. The second-order valence-electron chi connectivity index (χ2n) is 4.22. The average molecular weight is 252 g/mol. The van der Waals surface area contributed by atoms with Crippen molar-refractivity contribution < 1.29 is 17.7 Å². The molecular weight excluding hydrogens is 232 g/mol. The lowest BCUT2D eigenvalue weighted by Gasteiger charge is -2.42. The Morgan fingerprint density at radius 2 is 2.19 bits per heavy atom. The molecule has 0 aliphatic carbocycles. The van der Waals surface area contributed by atoms with Crippen LogP contribution in [-0.2, 0) is 14.9 Å². The van der Waals surface area contributed by atoms with Crippen molar-refractivity contribution in [2.75, 3.05) is 19.7 Å². The molecule has 0 spiro atoms. The van der Waals surface area contributed by atoms with E-state index in [1.54, 1.807) is 4.90 Å². The lowest BCUT2D eigenvalue weighted by atomic mass is 10.1. The second kappa shape index (κ2) is 5.42. The minimum absolute atomic E-state index is 0.0327. The number of nitrogens with zero attached hydrogens (tertiary/aromatic N) is 1. The SMILES string of the molecule is CC(CN)OCC(C)N1CCC1S(=O)(=O)O. The molecule has 1 fully saturated rings. The number of likely N-dealkylation sites (tertiary alicyclic amines) is 1. The van der Waals surface area contributed by atoms with Crippen LogP contribution in [0.5, 0.6) is 0 Å². The fraction of sp³-hybridized carbons (Fsp3) is 1.00. The fourth-order valence-corrected chi connectivity index (χ4v) is 2.73. The van der Waals surface area contributed by atoms with Gasteiger partial charge in [0, 0.05) is 19.1 Å². The highest BCUT2D eigenvalue weighted by Gasteiger charge is 2.40. The van der Waals surface area contributed by atoms with Crippen molar-refractivity contribution in [1.82, 2.24) is 4.90 Å². The summed E-state index contributed by atoms with van der Waals surface area (Å²) >= 11 is 0. The second-order valence-corrected chi connectivity index (χ2v) is 5.80. The predicted octanol–water partition coefficient (Wildman–Crippen LogP) is -0.342. The first-order chi connectivity index (χ1) is 7.36. The van der Waals surface area contributed by atoms with E-state index in [4.69, 9.17) is 15.0 Å². The molecule has 3 atom stereocenters. The molecular formula is C9H20N2O4S.